The van der Waals surface area contributed by atoms with E-state index >= 15 is 0 Å². The van der Waals surface area contributed by atoms with Crippen molar-refractivity contribution in [1.29, 1.82) is 0 Å². The molecule has 1 aromatic carbocycles. The minimum absolute atomic E-state index is 0.0130. The summed E-state index contributed by atoms with van der Waals surface area (Å²) in [6.07, 6.45) is 3.63. The van der Waals surface area contributed by atoms with Crippen molar-refractivity contribution in [3.63, 3.8) is 0 Å². The van der Waals surface area contributed by atoms with E-state index in [0.29, 0.717) is 13.0 Å². The van der Waals surface area contributed by atoms with Crippen LogP contribution in [0, 0.1) is 0 Å². The zero-order valence-electron chi connectivity index (χ0n) is 9.89. The normalized spacial score (nSPS) is 11.7. The summed E-state index contributed by atoms with van der Waals surface area (Å²) in [4.78, 5) is 4.03. The highest BCUT2D eigenvalue weighted by Crippen LogP contribution is 2.29. The van der Waals surface area contributed by atoms with Crippen LogP contribution >= 0.6 is 0 Å². The van der Waals surface area contributed by atoms with Gasteiger partial charge in [0.05, 0.1) is 18.6 Å². The lowest BCUT2D eigenvalue weighted by molar-refractivity contribution is -0.0222. The summed E-state index contributed by atoms with van der Waals surface area (Å²) in [7, 11) is 0. The van der Waals surface area contributed by atoms with E-state index in [1.165, 1.54) is 23.0 Å². The molecule has 0 aliphatic carbocycles. The van der Waals surface area contributed by atoms with Crippen molar-refractivity contribution in [3.8, 4) is 0 Å². The van der Waals surface area contributed by atoms with Gasteiger partial charge in [-0.25, -0.2) is 4.98 Å². The molecule has 0 saturated heterocycles. The van der Waals surface area contributed by atoms with Crippen LogP contribution in [0.1, 0.15) is 11.3 Å². The van der Waals surface area contributed by atoms with E-state index in [1.54, 1.807) is 24.4 Å². The predicted octanol–water partition coefficient (Wildman–Crippen LogP) is 2.18. The van der Waals surface area contributed by atoms with Crippen molar-refractivity contribution in [2.24, 2.45) is 5.73 Å². The van der Waals surface area contributed by atoms with Crippen LogP contribution in [0.25, 0.3) is 0 Å². The molecule has 0 atom stereocenters. The molecule has 0 saturated carbocycles. The molecule has 0 bridgehead atoms. The Balaban J connectivity index is 2.12. The highest BCUT2D eigenvalue weighted by Gasteiger charge is 2.31. The van der Waals surface area contributed by atoms with Gasteiger partial charge in [0, 0.05) is 18.2 Å². The molecule has 5 heteroatoms. The van der Waals surface area contributed by atoms with Gasteiger partial charge < -0.3 is 10.3 Å². The molecule has 1 aromatic heterocycles. The first kappa shape index (κ1) is 12.7. The van der Waals surface area contributed by atoms with Gasteiger partial charge in [-0.1, -0.05) is 30.3 Å². The zero-order valence-corrected chi connectivity index (χ0v) is 9.89. The van der Waals surface area contributed by atoms with Crippen molar-refractivity contribution in [2.45, 2.75) is 18.9 Å². The van der Waals surface area contributed by atoms with Gasteiger partial charge in [-0.3, -0.25) is 0 Å². The molecule has 0 aliphatic heterocycles. The number of hydrogen-bond acceptors (Lipinski definition) is 2. The summed E-state index contributed by atoms with van der Waals surface area (Å²) >= 11 is 0. The second-order valence-electron chi connectivity index (χ2n) is 4.15. The number of nitrogens with zero attached hydrogens (tertiary/aromatic N) is 2. The Morgan fingerprint density at radius 3 is 2.61 bits per heavy atom. The lowest BCUT2D eigenvalue weighted by Crippen LogP contribution is -2.20. The molecule has 1 heterocycles. The largest absolute Gasteiger partial charge is 0.331 e. The minimum atomic E-state index is -2.90. The summed E-state index contributed by atoms with van der Waals surface area (Å²) in [5.41, 5.74) is 6.14. The summed E-state index contributed by atoms with van der Waals surface area (Å²) in [5.74, 6) is -2.90. The van der Waals surface area contributed by atoms with E-state index in [-0.39, 0.29) is 5.56 Å². The van der Waals surface area contributed by atoms with E-state index in [9.17, 15) is 8.78 Å². The molecule has 2 aromatic rings. The third kappa shape index (κ3) is 2.92. The summed E-state index contributed by atoms with van der Waals surface area (Å²) < 4.78 is 29.3. The highest BCUT2D eigenvalue weighted by molar-refractivity contribution is 5.20. The van der Waals surface area contributed by atoms with Gasteiger partial charge in [-0.15, -0.1) is 0 Å². The third-order valence-corrected chi connectivity index (χ3v) is 2.66. The van der Waals surface area contributed by atoms with Crippen LogP contribution in [0.5, 0.6) is 0 Å². The molecule has 96 valence electrons. The van der Waals surface area contributed by atoms with Crippen molar-refractivity contribution in [3.05, 3.63) is 54.1 Å². The molecule has 0 radical (unpaired) electrons. The molecule has 2 N–H and O–H groups in total. The van der Waals surface area contributed by atoms with Crippen LogP contribution in [0.15, 0.2) is 42.9 Å². The van der Waals surface area contributed by atoms with Crippen molar-refractivity contribution < 1.29 is 8.78 Å². The fraction of sp³-hybridized carbons (Fsp3) is 0.308. The molecular weight excluding hydrogens is 236 g/mol. The van der Waals surface area contributed by atoms with Gasteiger partial charge >= 0.3 is 0 Å². The monoisotopic (exact) mass is 251 g/mol. The fourth-order valence-electron chi connectivity index (χ4n) is 1.77. The number of hydrogen-bond donors (Lipinski definition) is 1. The van der Waals surface area contributed by atoms with Gasteiger partial charge in [0.2, 0.25) is 0 Å². The Labute approximate surface area is 104 Å². The van der Waals surface area contributed by atoms with Gasteiger partial charge in [0.15, 0.2) is 0 Å². The minimum Gasteiger partial charge on any atom is -0.331 e. The summed E-state index contributed by atoms with van der Waals surface area (Å²) in [5, 5.41) is 0. The van der Waals surface area contributed by atoms with E-state index in [2.05, 4.69) is 4.98 Å². The highest BCUT2D eigenvalue weighted by atomic mass is 19.3. The standard InChI is InChI=1S/C13H15F2N3/c14-13(15,11-4-2-1-3-5-11)9-18-8-12(6-7-16)17-10-18/h1-5,8,10H,6-7,9,16H2. The molecule has 0 fully saturated rings. The van der Waals surface area contributed by atoms with Gasteiger partial charge in [0.1, 0.15) is 0 Å². The first-order chi connectivity index (χ1) is 8.62. The summed E-state index contributed by atoms with van der Waals surface area (Å²) in [6, 6.07) is 7.79. The van der Waals surface area contributed by atoms with E-state index in [0.717, 1.165) is 5.69 Å². The van der Waals surface area contributed by atoms with Crippen LogP contribution in [0.2, 0.25) is 0 Å². The lowest BCUT2D eigenvalue weighted by atomic mass is 10.1. The Bertz CT molecular complexity index is 494. The van der Waals surface area contributed by atoms with E-state index < -0.39 is 12.5 Å². The molecule has 0 unspecified atom stereocenters. The van der Waals surface area contributed by atoms with E-state index in [4.69, 9.17) is 5.73 Å². The van der Waals surface area contributed by atoms with Crippen LogP contribution < -0.4 is 5.73 Å². The molecule has 0 spiro atoms. The van der Waals surface area contributed by atoms with Crippen LogP contribution in [0.3, 0.4) is 0 Å². The second-order valence-corrected chi connectivity index (χ2v) is 4.15. The van der Waals surface area contributed by atoms with Crippen molar-refractivity contribution in [2.75, 3.05) is 6.54 Å². The van der Waals surface area contributed by atoms with Gasteiger partial charge in [-0.2, -0.15) is 8.78 Å². The van der Waals surface area contributed by atoms with Crippen LogP contribution in [-0.2, 0) is 18.9 Å². The maximum absolute atomic E-state index is 14.0. The van der Waals surface area contributed by atoms with Gasteiger partial charge in [0.25, 0.3) is 5.92 Å². The van der Waals surface area contributed by atoms with Gasteiger partial charge in [-0.05, 0) is 6.54 Å². The molecule has 18 heavy (non-hydrogen) atoms. The Kier molecular flexibility index (Phi) is 3.72. The first-order valence-corrected chi connectivity index (χ1v) is 5.76. The maximum Gasteiger partial charge on any atom is 0.290 e. The first-order valence-electron chi connectivity index (χ1n) is 5.76. The number of alkyl halides is 2. The smallest absolute Gasteiger partial charge is 0.290 e. The molecule has 3 nitrogen and oxygen atoms in total. The van der Waals surface area contributed by atoms with Crippen molar-refractivity contribution in [1.82, 2.24) is 9.55 Å². The average Bonchev–Trinajstić information content (AvgIpc) is 2.77. The van der Waals surface area contributed by atoms with Crippen LogP contribution in [0.4, 0.5) is 8.78 Å². The zero-order chi connectivity index (χ0) is 13.0. The second kappa shape index (κ2) is 5.27. The molecule has 0 aliphatic rings. The van der Waals surface area contributed by atoms with Crippen LogP contribution in [-0.4, -0.2) is 16.1 Å². The van der Waals surface area contributed by atoms with E-state index in [1.807, 2.05) is 0 Å². The number of halogens is 2. The SMILES string of the molecule is NCCc1cn(CC(F)(F)c2ccccc2)cn1. The number of rotatable bonds is 5. The number of nitrogens with two attached hydrogens (primary N) is 1. The Morgan fingerprint density at radius 1 is 1.22 bits per heavy atom. The molecular formula is C13H15F2N3. The van der Waals surface area contributed by atoms with Crippen molar-refractivity contribution >= 4 is 0 Å². The third-order valence-electron chi connectivity index (χ3n) is 2.66. The molecule has 2 rings (SSSR count). The fourth-order valence-corrected chi connectivity index (χ4v) is 1.77. The Morgan fingerprint density at radius 2 is 1.94 bits per heavy atom. The number of aromatic nitrogens is 2. The summed E-state index contributed by atoms with van der Waals surface area (Å²) in [6.45, 7) is 0.0562. The molecule has 0 amide bonds. The predicted molar refractivity (Wildman–Crippen MR) is 65.3 cm³/mol. The topological polar surface area (TPSA) is 43.8 Å². The number of imidazole rings is 1. The Hall–Kier alpha value is -1.75. The maximum atomic E-state index is 14.0. The lowest BCUT2D eigenvalue weighted by Gasteiger charge is -2.16. The quantitative estimate of drug-likeness (QED) is 0.885. The number of benzene rings is 1. The average molecular weight is 251 g/mol.